The fraction of sp³-hybridized carbons (Fsp3) is 0.857. The smallest absolute Gasteiger partial charge is 0.246 e. The van der Waals surface area contributed by atoms with Gasteiger partial charge in [0.15, 0.2) is 0 Å². The molecule has 8 heteroatoms. The van der Waals surface area contributed by atoms with E-state index in [1.807, 2.05) is 20.8 Å². The van der Waals surface area contributed by atoms with Crippen LogP contribution >= 0.6 is 0 Å². The molecule has 3 N–H and O–H groups in total. The number of hydrogen-bond donors (Lipinski definition) is 3. The Morgan fingerprint density at radius 2 is 2.00 bits per heavy atom. The molecule has 29 heavy (non-hydrogen) atoms. The maximum absolute atomic E-state index is 13.4. The van der Waals surface area contributed by atoms with E-state index in [9.17, 15) is 19.5 Å². The van der Waals surface area contributed by atoms with E-state index in [0.717, 1.165) is 19.3 Å². The van der Waals surface area contributed by atoms with Gasteiger partial charge in [-0.25, -0.2) is 0 Å². The summed E-state index contributed by atoms with van der Waals surface area (Å²) in [6.45, 7) is 8.21. The molecule has 164 valence electrons. The number of amides is 3. The molecular formula is C21H35N3O5. The number of carbonyl (C=O) groups is 3. The van der Waals surface area contributed by atoms with Crippen molar-refractivity contribution in [1.29, 1.82) is 0 Å². The summed E-state index contributed by atoms with van der Waals surface area (Å²) < 4.78 is 6.44. The molecule has 0 radical (unpaired) electrons. The molecule has 3 fully saturated rings. The van der Waals surface area contributed by atoms with Crippen LogP contribution in [0.5, 0.6) is 0 Å². The first-order valence-electron chi connectivity index (χ1n) is 10.9. The SMILES string of the molecule is CCCNC(=O)[C@@H]1[C@H]2C(=O)N(CCO)C(C(=O)NC(C)CCC)C23CC[C@@]1(C)O3. The van der Waals surface area contributed by atoms with Crippen LogP contribution in [0.25, 0.3) is 0 Å². The van der Waals surface area contributed by atoms with Gasteiger partial charge in [-0.1, -0.05) is 20.3 Å². The Labute approximate surface area is 172 Å². The van der Waals surface area contributed by atoms with Gasteiger partial charge in [0.25, 0.3) is 0 Å². The Bertz CT molecular complexity index is 671. The third-order valence-corrected chi connectivity index (χ3v) is 6.81. The van der Waals surface area contributed by atoms with E-state index >= 15 is 0 Å². The van der Waals surface area contributed by atoms with Crippen LogP contribution in [-0.2, 0) is 19.1 Å². The molecule has 3 unspecified atom stereocenters. The van der Waals surface area contributed by atoms with Gasteiger partial charge in [-0.15, -0.1) is 0 Å². The first-order chi connectivity index (χ1) is 13.8. The van der Waals surface area contributed by atoms with Crippen LogP contribution in [0, 0.1) is 11.8 Å². The van der Waals surface area contributed by atoms with Crippen molar-refractivity contribution in [2.75, 3.05) is 19.7 Å². The molecule has 1 spiro atoms. The van der Waals surface area contributed by atoms with E-state index in [-0.39, 0.29) is 36.9 Å². The Balaban J connectivity index is 1.95. The molecule has 3 aliphatic heterocycles. The van der Waals surface area contributed by atoms with Crippen LogP contribution in [-0.4, -0.2) is 70.7 Å². The van der Waals surface area contributed by atoms with E-state index in [4.69, 9.17) is 4.74 Å². The van der Waals surface area contributed by atoms with Gasteiger partial charge in [-0.2, -0.15) is 0 Å². The quantitative estimate of drug-likeness (QED) is 0.516. The monoisotopic (exact) mass is 409 g/mol. The average molecular weight is 410 g/mol. The lowest BCUT2D eigenvalue weighted by Crippen LogP contribution is -2.57. The number of aliphatic hydroxyl groups is 1. The second-order valence-corrected chi connectivity index (χ2v) is 8.97. The van der Waals surface area contributed by atoms with E-state index in [2.05, 4.69) is 17.6 Å². The second kappa shape index (κ2) is 8.22. The van der Waals surface area contributed by atoms with Crippen LogP contribution < -0.4 is 10.6 Å². The number of ether oxygens (including phenoxy) is 1. The molecule has 3 heterocycles. The topological polar surface area (TPSA) is 108 Å². The lowest BCUT2D eigenvalue weighted by molar-refractivity contribution is -0.146. The molecule has 3 amide bonds. The molecule has 2 bridgehead atoms. The first kappa shape index (κ1) is 22.0. The van der Waals surface area contributed by atoms with Crippen molar-refractivity contribution in [1.82, 2.24) is 15.5 Å². The van der Waals surface area contributed by atoms with Crippen LogP contribution in [0.3, 0.4) is 0 Å². The Kier molecular flexibility index (Phi) is 6.24. The van der Waals surface area contributed by atoms with Crippen molar-refractivity contribution in [2.24, 2.45) is 11.8 Å². The van der Waals surface area contributed by atoms with Gasteiger partial charge >= 0.3 is 0 Å². The average Bonchev–Trinajstić information content (AvgIpc) is 3.22. The van der Waals surface area contributed by atoms with Gasteiger partial charge in [0.2, 0.25) is 17.7 Å². The van der Waals surface area contributed by atoms with Crippen LogP contribution in [0.15, 0.2) is 0 Å². The van der Waals surface area contributed by atoms with Crippen molar-refractivity contribution < 1.29 is 24.2 Å². The van der Waals surface area contributed by atoms with Crippen molar-refractivity contribution in [2.45, 2.75) is 83.1 Å². The number of rotatable bonds is 9. The molecule has 0 aromatic carbocycles. The summed E-state index contributed by atoms with van der Waals surface area (Å²) in [7, 11) is 0. The van der Waals surface area contributed by atoms with Gasteiger partial charge in [-0.3, -0.25) is 14.4 Å². The molecule has 0 aromatic heterocycles. The molecule has 8 nitrogen and oxygen atoms in total. The summed E-state index contributed by atoms with van der Waals surface area (Å²) >= 11 is 0. The van der Waals surface area contributed by atoms with Crippen LogP contribution in [0.1, 0.15) is 59.8 Å². The second-order valence-electron chi connectivity index (χ2n) is 8.97. The summed E-state index contributed by atoms with van der Waals surface area (Å²) in [6, 6.07) is -0.843. The van der Waals surface area contributed by atoms with Gasteiger partial charge < -0.3 is 25.4 Å². The zero-order valence-electron chi connectivity index (χ0n) is 18.0. The summed E-state index contributed by atoms with van der Waals surface area (Å²) in [5.41, 5.74) is -1.76. The third kappa shape index (κ3) is 3.44. The minimum absolute atomic E-state index is 0.0214. The van der Waals surface area contributed by atoms with E-state index in [1.165, 1.54) is 4.90 Å². The minimum Gasteiger partial charge on any atom is -0.395 e. The van der Waals surface area contributed by atoms with E-state index in [0.29, 0.717) is 19.4 Å². The number of likely N-dealkylation sites (tertiary alicyclic amines) is 1. The summed E-state index contributed by atoms with van der Waals surface area (Å²) in [5, 5.41) is 15.5. The summed E-state index contributed by atoms with van der Waals surface area (Å²) in [6.07, 6.45) is 3.76. The largest absolute Gasteiger partial charge is 0.395 e. The number of aliphatic hydroxyl groups excluding tert-OH is 1. The number of β-amino-alcohol motifs (C(OH)–C–C–N with tert-alkyl or cyclic N) is 1. The number of nitrogens with one attached hydrogen (secondary N) is 2. The van der Waals surface area contributed by atoms with Crippen molar-refractivity contribution >= 4 is 17.7 Å². The molecule has 0 aliphatic carbocycles. The van der Waals surface area contributed by atoms with Gasteiger partial charge in [0.05, 0.1) is 24.0 Å². The number of hydrogen-bond acceptors (Lipinski definition) is 5. The molecular weight excluding hydrogens is 374 g/mol. The maximum Gasteiger partial charge on any atom is 0.246 e. The molecule has 0 aromatic rings. The van der Waals surface area contributed by atoms with Gasteiger partial charge in [0, 0.05) is 19.1 Å². The lowest BCUT2D eigenvalue weighted by Gasteiger charge is -2.34. The number of nitrogens with zero attached hydrogens (tertiary/aromatic N) is 1. The zero-order chi connectivity index (χ0) is 21.4. The molecule has 0 saturated carbocycles. The number of carbonyl (C=O) groups excluding carboxylic acids is 3. The minimum atomic E-state index is -1.01. The van der Waals surface area contributed by atoms with E-state index in [1.54, 1.807) is 0 Å². The fourth-order valence-electron chi connectivity index (χ4n) is 5.66. The Hall–Kier alpha value is -1.67. The van der Waals surface area contributed by atoms with Crippen LogP contribution in [0.2, 0.25) is 0 Å². The highest BCUT2D eigenvalue weighted by Gasteiger charge is 2.77. The number of fused-ring (bicyclic) bond motifs is 1. The van der Waals surface area contributed by atoms with Crippen molar-refractivity contribution in [3.05, 3.63) is 0 Å². The Morgan fingerprint density at radius 1 is 1.28 bits per heavy atom. The van der Waals surface area contributed by atoms with Crippen molar-refractivity contribution in [3.8, 4) is 0 Å². The van der Waals surface area contributed by atoms with Gasteiger partial charge in [-0.05, 0) is 39.5 Å². The normalized spacial score (nSPS) is 36.2. The summed E-state index contributed by atoms with van der Waals surface area (Å²) in [5.74, 6) is -2.01. The first-order valence-corrected chi connectivity index (χ1v) is 10.9. The zero-order valence-corrected chi connectivity index (χ0v) is 18.0. The predicted molar refractivity (Wildman–Crippen MR) is 107 cm³/mol. The third-order valence-electron chi connectivity index (χ3n) is 6.81. The van der Waals surface area contributed by atoms with Gasteiger partial charge in [0.1, 0.15) is 11.6 Å². The van der Waals surface area contributed by atoms with E-state index < -0.39 is 29.1 Å². The molecule has 6 atom stereocenters. The standard InChI is InChI=1S/C21H35N3O5/c1-5-7-13(3)23-18(27)16-21-9-8-20(4,29-21)14(17(26)22-10-6-2)15(21)19(28)24(16)11-12-25/h13-16,25H,5-12H2,1-4H3,(H,22,26)(H,23,27)/t13?,14-,15-,16?,20+,21?/m0/s1. The molecule has 3 saturated heterocycles. The predicted octanol–water partition coefficient (Wildman–Crippen LogP) is 0.574. The maximum atomic E-state index is 13.4. The summed E-state index contributed by atoms with van der Waals surface area (Å²) in [4.78, 5) is 41.1. The highest BCUT2D eigenvalue weighted by Crippen LogP contribution is 2.63. The lowest BCUT2D eigenvalue weighted by atomic mass is 9.66. The van der Waals surface area contributed by atoms with Crippen LogP contribution in [0.4, 0.5) is 0 Å². The van der Waals surface area contributed by atoms with Crippen molar-refractivity contribution in [3.63, 3.8) is 0 Å². The molecule has 3 rings (SSSR count). The highest BCUT2D eigenvalue weighted by molar-refractivity contribution is 5.99. The Morgan fingerprint density at radius 3 is 2.62 bits per heavy atom. The fourth-order valence-corrected chi connectivity index (χ4v) is 5.66. The highest BCUT2D eigenvalue weighted by atomic mass is 16.5. The molecule has 3 aliphatic rings.